The highest BCUT2D eigenvalue weighted by molar-refractivity contribution is 5.78. The number of benzene rings is 1. The summed E-state index contributed by atoms with van der Waals surface area (Å²) in [7, 11) is 1.69. The van der Waals surface area contributed by atoms with E-state index in [1.54, 1.807) is 7.11 Å². The van der Waals surface area contributed by atoms with E-state index in [-0.39, 0.29) is 0 Å². The number of fused-ring (bicyclic) bond motifs is 8. The summed E-state index contributed by atoms with van der Waals surface area (Å²) in [5, 5.41) is 0. The average Bonchev–Trinajstić information content (AvgIpc) is 3.60. The first-order chi connectivity index (χ1) is 16.2. The van der Waals surface area contributed by atoms with Gasteiger partial charge in [-0.3, -0.25) is 0 Å². The van der Waals surface area contributed by atoms with Crippen molar-refractivity contribution in [2.75, 3.05) is 7.11 Å². The molecule has 0 fully saturated rings. The summed E-state index contributed by atoms with van der Waals surface area (Å²) in [6, 6.07) is 22.8. The molecule has 0 atom stereocenters. The average molecular weight is 431 g/mol. The zero-order valence-electron chi connectivity index (χ0n) is 18.2. The van der Waals surface area contributed by atoms with Gasteiger partial charge in [-0.1, -0.05) is 12.1 Å². The molecular weight excluding hydrogens is 408 g/mol. The lowest BCUT2D eigenvalue weighted by molar-refractivity contribution is 0.414. The third-order valence-corrected chi connectivity index (χ3v) is 5.81. The Morgan fingerprint density at radius 2 is 1.21 bits per heavy atom. The molecule has 5 heteroatoms. The fraction of sp³-hybridized carbons (Fsp3) is 0.0714. The van der Waals surface area contributed by atoms with Crippen LogP contribution in [0.4, 0.5) is 0 Å². The van der Waals surface area contributed by atoms with Crippen LogP contribution < -0.4 is 4.74 Å². The van der Waals surface area contributed by atoms with E-state index in [0.29, 0.717) is 0 Å². The normalized spacial score (nSPS) is 12.3. The van der Waals surface area contributed by atoms with E-state index in [1.807, 2.05) is 42.5 Å². The molecule has 33 heavy (non-hydrogen) atoms. The molecule has 2 N–H and O–H groups in total. The minimum atomic E-state index is 0.804. The van der Waals surface area contributed by atoms with E-state index < -0.39 is 0 Å². The Hall–Kier alpha value is -4.38. The second-order valence-electron chi connectivity index (χ2n) is 8.22. The minimum Gasteiger partial charge on any atom is -0.497 e. The highest BCUT2D eigenvalue weighted by Gasteiger charge is 2.06. The number of rotatable bonds is 3. The molecule has 0 spiro atoms. The molecule has 160 valence electrons. The van der Waals surface area contributed by atoms with Gasteiger partial charge >= 0.3 is 0 Å². The Morgan fingerprint density at radius 3 is 1.82 bits per heavy atom. The second-order valence-corrected chi connectivity index (χ2v) is 8.22. The highest BCUT2D eigenvalue weighted by Crippen LogP contribution is 2.22. The summed E-state index contributed by atoms with van der Waals surface area (Å²) in [5.74, 6) is 0.861. The summed E-state index contributed by atoms with van der Waals surface area (Å²) >= 11 is 0. The molecule has 5 nitrogen and oxygen atoms in total. The Kier molecular flexibility index (Phi) is 4.65. The Balaban J connectivity index is 1.55. The second kappa shape index (κ2) is 7.95. The third kappa shape index (κ3) is 4.08. The van der Waals surface area contributed by atoms with Crippen LogP contribution in [0.15, 0.2) is 66.7 Å². The van der Waals surface area contributed by atoms with E-state index in [0.717, 1.165) is 57.0 Å². The van der Waals surface area contributed by atoms with Crippen molar-refractivity contribution in [2.45, 2.75) is 6.42 Å². The smallest absolute Gasteiger partial charge is 0.118 e. The number of aromatic amines is 2. The van der Waals surface area contributed by atoms with Gasteiger partial charge in [-0.15, -0.1) is 0 Å². The van der Waals surface area contributed by atoms with Crippen molar-refractivity contribution in [1.29, 1.82) is 0 Å². The number of aromatic nitrogens is 4. The lowest BCUT2D eigenvalue weighted by Gasteiger charge is -2.02. The van der Waals surface area contributed by atoms with Crippen molar-refractivity contribution in [3.63, 3.8) is 0 Å². The summed E-state index contributed by atoms with van der Waals surface area (Å²) in [6.45, 7) is 0. The molecule has 0 radical (unpaired) electrons. The van der Waals surface area contributed by atoms with Gasteiger partial charge in [0.25, 0.3) is 0 Å². The van der Waals surface area contributed by atoms with Crippen LogP contribution in [0.2, 0.25) is 0 Å². The van der Waals surface area contributed by atoms with Gasteiger partial charge in [-0.05, 0) is 96.4 Å². The number of methoxy groups -OCH3 is 1. The van der Waals surface area contributed by atoms with Gasteiger partial charge in [0.15, 0.2) is 0 Å². The number of nitrogens with zero attached hydrogens (tertiary/aromatic N) is 2. The molecule has 2 aliphatic rings. The van der Waals surface area contributed by atoms with Gasteiger partial charge in [0, 0.05) is 22.1 Å². The van der Waals surface area contributed by atoms with Gasteiger partial charge in [0.1, 0.15) is 5.75 Å². The van der Waals surface area contributed by atoms with Crippen molar-refractivity contribution >= 4 is 46.4 Å². The molecular formula is C28H22N4O. The van der Waals surface area contributed by atoms with E-state index >= 15 is 0 Å². The molecule has 0 saturated heterocycles. The standard InChI is InChI=1S/C28H22N4O/c1-33-27-10-2-18(3-11-27)12-19-13-26-16-24-7-6-22(30-24)14-20-4-5-21(29-20)15-23-8-9-25(31-23)17-28(19)32-26/h2-11,13-17,29,32H,12H2,1H3. The first kappa shape index (κ1) is 19.3. The molecule has 2 aliphatic heterocycles. The van der Waals surface area contributed by atoms with Crippen molar-refractivity contribution in [1.82, 2.24) is 19.9 Å². The summed E-state index contributed by atoms with van der Waals surface area (Å²) in [5.41, 5.74) is 10.2. The first-order valence-electron chi connectivity index (χ1n) is 10.9. The van der Waals surface area contributed by atoms with Crippen LogP contribution in [0.25, 0.3) is 46.4 Å². The minimum absolute atomic E-state index is 0.804. The zero-order valence-corrected chi connectivity index (χ0v) is 18.2. The molecule has 6 rings (SSSR count). The summed E-state index contributed by atoms with van der Waals surface area (Å²) < 4.78 is 5.30. The van der Waals surface area contributed by atoms with Crippen LogP contribution in [-0.2, 0) is 6.42 Å². The van der Waals surface area contributed by atoms with Crippen LogP contribution >= 0.6 is 0 Å². The fourth-order valence-electron chi connectivity index (χ4n) is 4.19. The van der Waals surface area contributed by atoms with Crippen molar-refractivity contribution in [2.24, 2.45) is 0 Å². The monoisotopic (exact) mass is 430 g/mol. The van der Waals surface area contributed by atoms with Gasteiger partial charge in [-0.2, -0.15) is 0 Å². The Morgan fingerprint density at radius 1 is 0.636 bits per heavy atom. The molecule has 0 saturated carbocycles. The lowest BCUT2D eigenvalue weighted by atomic mass is 10.1. The molecule has 4 aromatic rings. The topological polar surface area (TPSA) is 66.6 Å². The molecule has 5 heterocycles. The van der Waals surface area contributed by atoms with E-state index in [2.05, 4.69) is 58.5 Å². The van der Waals surface area contributed by atoms with Crippen LogP contribution in [0.1, 0.15) is 33.9 Å². The van der Waals surface area contributed by atoms with Gasteiger partial charge in [0.2, 0.25) is 0 Å². The number of hydrogen-bond acceptors (Lipinski definition) is 3. The quantitative estimate of drug-likeness (QED) is 0.348. The zero-order chi connectivity index (χ0) is 22.2. The largest absolute Gasteiger partial charge is 0.497 e. The van der Waals surface area contributed by atoms with Crippen molar-refractivity contribution in [3.8, 4) is 5.75 Å². The van der Waals surface area contributed by atoms with Crippen molar-refractivity contribution < 1.29 is 4.74 Å². The maximum atomic E-state index is 5.30. The molecule has 1 aromatic carbocycles. The van der Waals surface area contributed by atoms with Crippen molar-refractivity contribution in [3.05, 3.63) is 101 Å². The number of nitrogens with one attached hydrogen (secondary N) is 2. The predicted octanol–water partition coefficient (Wildman–Crippen LogP) is 6.26. The lowest BCUT2D eigenvalue weighted by Crippen LogP contribution is -1.88. The van der Waals surface area contributed by atoms with E-state index in [9.17, 15) is 0 Å². The van der Waals surface area contributed by atoms with Crippen LogP contribution in [0, 0.1) is 0 Å². The number of hydrogen-bond donors (Lipinski definition) is 2. The number of H-pyrrole nitrogens is 2. The Labute approximate surface area is 191 Å². The number of ether oxygens (including phenoxy) is 1. The summed E-state index contributed by atoms with van der Waals surface area (Å²) in [4.78, 5) is 16.5. The van der Waals surface area contributed by atoms with E-state index in [1.165, 1.54) is 11.1 Å². The fourth-order valence-corrected chi connectivity index (χ4v) is 4.19. The molecule has 3 aromatic heterocycles. The van der Waals surface area contributed by atoms with E-state index in [4.69, 9.17) is 14.7 Å². The maximum Gasteiger partial charge on any atom is 0.118 e. The van der Waals surface area contributed by atoms with Crippen LogP contribution in [-0.4, -0.2) is 27.0 Å². The first-order valence-corrected chi connectivity index (χ1v) is 10.9. The summed E-state index contributed by atoms with van der Waals surface area (Å²) in [6.07, 6.45) is 8.97. The Bertz CT molecular complexity index is 1570. The SMILES string of the molecule is COc1ccc(Cc2cc3cc4nc(cc5ccc(cc6nc(cc2[nH]3)C=C6)[nH]5)C=C4)cc1. The third-order valence-electron chi connectivity index (χ3n) is 5.81. The molecule has 0 amide bonds. The van der Waals surface area contributed by atoms with Crippen LogP contribution in [0.5, 0.6) is 5.75 Å². The maximum absolute atomic E-state index is 5.30. The molecule has 0 unspecified atom stereocenters. The predicted molar refractivity (Wildman–Crippen MR) is 135 cm³/mol. The molecule has 0 aliphatic carbocycles. The molecule has 8 bridgehead atoms. The van der Waals surface area contributed by atoms with Gasteiger partial charge in [0.05, 0.1) is 29.9 Å². The van der Waals surface area contributed by atoms with Gasteiger partial charge < -0.3 is 14.7 Å². The van der Waals surface area contributed by atoms with Crippen LogP contribution in [0.3, 0.4) is 0 Å². The highest BCUT2D eigenvalue weighted by atomic mass is 16.5. The van der Waals surface area contributed by atoms with Gasteiger partial charge in [-0.25, -0.2) is 9.97 Å².